The molecule has 0 spiro atoms. The van der Waals surface area contributed by atoms with Gasteiger partial charge in [0.25, 0.3) is 0 Å². The van der Waals surface area contributed by atoms with Crippen molar-refractivity contribution in [3.63, 3.8) is 0 Å². The third kappa shape index (κ3) is 2.92. The molecule has 1 amide bonds. The van der Waals surface area contributed by atoms with Gasteiger partial charge in [-0.15, -0.1) is 0 Å². The summed E-state index contributed by atoms with van der Waals surface area (Å²) in [6, 6.07) is 0. The summed E-state index contributed by atoms with van der Waals surface area (Å²) in [5.74, 6) is -0.00962. The number of hydrogen-bond donors (Lipinski definition) is 0. The van der Waals surface area contributed by atoms with E-state index in [2.05, 4.69) is 0 Å². The fraction of sp³-hybridized carbons (Fsp3) is 0.714. The second-order valence-electron chi connectivity index (χ2n) is 5.79. The number of ketones is 1. The molecule has 0 aromatic rings. The lowest BCUT2D eigenvalue weighted by Crippen LogP contribution is -2.59. The topological polar surface area (TPSA) is 46.6 Å². The van der Waals surface area contributed by atoms with Crippen molar-refractivity contribution < 1.29 is 14.3 Å². The fourth-order valence-corrected chi connectivity index (χ4v) is 2.07. The van der Waals surface area contributed by atoms with Gasteiger partial charge in [0.1, 0.15) is 11.1 Å². The second-order valence-corrected chi connectivity index (χ2v) is 5.79. The molecule has 0 aliphatic heterocycles. The van der Waals surface area contributed by atoms with E-state index in [0.717, 1.165) is 6.42 Å². The Morgan fingerprint density at radius 1 is 1.28 bits per heavy atom. The maximum absolute atomic E-state index is 12.1. The molecule has 1 aliphatic rings. The summed E-state index contributed by atoms with van der Waals surface area (Å²) in [5, 5.41) is 0. The molecule has 18 heavy (non-hydrogen) atoms. The van der Waals surface area contributed by atoms with E-state index in [4.69, 9.17) is 4.74 Å². The Kier molecular flexibility index (Phi) is 4.20. The van der Waals surface area contributed by atoms with E-state index in [1.54, 1.807) is 26.1 Å². The Balaban J connectivity index is 2.83. The minimum absolute atomic E-state index is 0.00962. The van der Waals surface area contributed by atoms with E-state index in [1.165, 1.54) is 4.90 Å². The van der Waals surface area contributed by atoms with Gasteiger partial charge in [-0.2, -0.15) is 0 Å². The van der Waals surface area contributed by atoms with Gasteiger partial charge in [-0.1, -0.05) is 6.08 Å². The van der Waals surface area contributed by atoms with Gasteiger partial charge in [0.05, 0.1) is 0 Å². The molecule has 1 rings (SSSR count). The van der Waals surface area contributed by atoms with Crippen molar-refractivity contribution in [2.75, 3.05) is 7.05 Å². The molecule has 0 saturated heterocycles. The van der Waals surface area contributed by atoms with Crippen molar-refractivity contribution >= 4 is 11.9 Å². The molecule has 0 N–H and O–H groups in total. The van der Waals surface area contributed by atoms with E-state index < -0.39 is 17.2 Å². The number of ether oxygens (including phenoxy) is 1. The van der Waals surface area contributed by atoms with Gasteiger partial charge in [0.2, 0.25) is 0 Å². The van der Waals surface area contributed by atoms with E-state index in [9.17, 15) is 9.59 Å². The van der Waals surface area contributed by atoms with Gasteiger partial charge in [-0.3, -0.25) is 9.69 Å². The van der Waals surface area contributed by atoms with Crippen LogP contribution in [0.4, 0.5) is 4.79 Å². The van der Waals surface area contributed by atoms with E-state index in [0.29, 0.717) is 12.8 Å². The summed E-state index contributed by atoms with van der Waals surface area (Å²) in [6.07, 6.45) is 5.22. The first kappa shape index (κ1) is 14.7. The summed E-state index contributed by atoms with van der Waals surface area (Å²) >= 11 is 0. The van der Waals surface area contributed by atoms with Crippen molar-refractivity contribution in [1.82, 2.24) is 4.90 Å². The highest BCUT2D eigenvalue weighted by atomic mass is 16.6. The number of nitrogens with zero attached hydrogens (tertiary/aromatic N) is 1. The highest BCUT2D eigenvalue weighted by Crippen LogP contribution is 2.38. The molecule has 1 saturated carbocycles. The molecular weight excluding hydrogens is 230 g/mol. The Bertz CT molecular complexity index is 362. The molecule has 1 aliphatic carbocycles. The molecule has 102 valence electrons. The minimum Gasteiger partial charge on any atom is -0.444 e. The number of carbonyl (C=O) groups excluding carboxylic acids is 2. The number of carbonyl (C=O) groups is 2. The lowest BCUT2D eigenvalue weighted by molar-refractivity contribution is -0.130. The zero-order valence-corrected chi connectivity index (χ0v) is 11.9. The van der Waals surface area contributed by atoms with Gasteiger partial charge in [0.15, 0.2) is 5.78 Å². The first-order valence-electron chi connectivity index (χ1n) is 6.37. The largest absolute Gasteiger partial charge is 0.444 e. The quantitative estimate of drug-likeness (QED) is 0.726. The average molecular weight is 253 g/mol. The third-order valence-electron chi connectivity index (χ3n) is 3.27. The molecule has 0 radical (unpaired) electrons. The molecule has 4 nitrogen and oxygen atoms in total. The van der Waals surface area contributed by atoms with Crippen LogP contribution in [-0.4, -0.2) is 35.0 Å². The van der Waals surface area contributed by atoms with Crippen LogP contribution in [0.25, 0.3) is 0 Å². The Morgan fingerprint density at radius 2 is 1.83 bits per heavy atom. The van der Waals surface area contributed by atoms with Crippen LogP contribution in [0, 0.1) is 0 Å². The third-order valence-corrected chi connectivity index (χ3v) is 3.27. The molecule has 1 fully saturated rings. The average Bonchev–Trinajstić information content (AvgIpc) is 2.13. The summed E-state index contributed by atoms with van der Waals surface area (Å²) in [4.78, 5) is 25.6. The smallest absolute Gasteiger partial charge is 0.410 e. The molecule has 0 unspecified atom stereocenters. The van der Waals surface area contributed by atoms with Crippen LogP contribution in [0.5, 0.6) is 0 Å². The first-order chi connectivity index (χ1) is 8.23. The number of allylic oxidation sites excluding steroid dienone is 1. The van der Waals surface area contributed by atoms with Crippen LogP contribution >= 0.6 is 0 Å². The van der Waals surface area contributed by atoms with Crippen LogP contribution in [-0.2, 0) is 9.53 Å². The van der Waals surface area contributed by atoms with Crippen molar-refractivity contribution in [2.45, 2.75) is 58.1 Å². The van der Waals surface area contributed by atoms with E-state index in [-0.39, 0.29) is 5.78 Å². The van der Waals surface area contributed by atoms with Gasteiger partial charge in [-0.25, -0.2) is 4.79 Å². The highest BCUT2D eigenvalue weighted by Gasteiger charge is 2.49. The zero-order valence-electron chi connectivity index (χ0n) is 11.9. The summed E-state index contributed by atoms with van der Waals surface area (Å²) in [7, 11) is 1.65. The van der Waals surface area contributed by atoms with Gasteiger partial charge in [0, 0.05) is 7.05 Å². The van der Waals surface area contributed by atoms with Gasteiger partial charge in [-0.05, 0) is 53.0 Å². The predicted octanol–water partition coefficient (Wildman–Crippen LogP) is 2.92. The second kappa shape index (κ2) is 5.12. The number of likely N-dealkylation sites (N-methyl/N-ethyl adjacent to an activating group) is 1. The molecule has 0 atom stereocenters. The highest BCUT2D eigenvalue weighted by molar-refractivity contribution is 6.00. The summed E-state index contributed by atoms with van der Waals surface area (Å²) in [6.45, 7) is 7.26. The van der Waals surface area contributed by atoms with Gasteiger partial charge < -0.3 is 4.74 Å². The fourth-order valence-electron chi connectivity index (χ4n) is 2.07. The van der Waals surface area contributed by atoms with Crippen molar-refractivity contribution in [3.05, 3.63) is 12.2 Å². The normalized spacial score (nSPS) is 18.3. The molecule has 0 bridgehead atoms. The maximum Gasteiger partial charge on any atom is 0.410 e. The van der Waals surface area contributed by atoms with Crippen LogP contribution in [0.1, 0.15) is 47.0 Å². The van der Waals surface area contributed by atoms with E-state index >= 15 is 0 Å². The number of amides is 1. The number of rotatable bonds is 3. The summed E-state index contributed by atoms with van der Waals surface area (Å²) < 4.78 is 5.32. The van der Waals surface area contributed by atoms with E-state index in [1.807, 2.05) is 20.8 Å². The molecular formula is C14H23NO3. The lowest BCUT2D eigenvalue weighted by Gasteiger charge is -2.46. The molecule has 0 heterocycles. The zero-order chi connectivity index (χ0) is 14.0. The SMILES string of the molecule is C/C=C\C(=O)C1(N(C)C(=O)OC(C)(C)C)CCC1. The first-order valence-corrected chi connectivity index (χ1v) is 6.37. The van der Waals surface area contributed by atoms with Crippen molar-refractivity contribution in [1.29, 1.82) is 0 Å². The summed E-state index contributed by atoms with van der Waals surface area (Å²) in [5.41, 5.74) is -1.23. The number of hydrogen-bond acceptors (Lipinski definition) is 3. The Hall–Kier alpha value is -1.32. The van der Waals surface area contributed by atoms with Crippen molar-refractivity contribution in [2.24, 2.45) is 0 Å². The lowest BCUT2D eigenvalue weighted by atomic mass is 9.72. The van der Waals surface area contributed by atoms with Crippen LogP contribution < -0.4 is 0 Å². The standard InChI is InChI=1S/C14H23NO3/c1-6-8-11(16)14(9-7-10-14)15(5)12(17)18-13(2,3)4/h6,8H,7,9-10H2,1-5H3/b8-6-. The molecule has 4 heteroatoms. The predicted molar refractivity (Wildman–Crippen MR) is 70.4 cm³/mol. The van der Waals surface area contributed by atoms with Crippen molar-refractivity contribution in [3.8, 4) is 0 Å². The maximum atomic E-state index is 12.1. The van der Waals surface area contributed by atoms with Crippen LogP contribution in [0.2, 0.25) is 0 Å². The molecule has 0 aromatic carbocycles. The Labute approximate surface area is 109 Å². The van der Waals surface area contributed by atoms with Crippen LogP contribution in [0.15, 0.2) is 12.2 Å². The molecule has 0 aromatic heterocycles. The Morgan fingerprint density at radius 3 is 2.17 bits per heavy atom. The minimum atomic E-state index is -0.686. The monoisotopic (exact) mass is 253 g/mol. The van der Waals surface area contributed by atoms with Gasteiger partial charge >= 0.3 is 6.09 Å². The van der Waals surface area contributed by atoms with Crippen LogP contribution in [0.3, 0.4) is 0 Å².